The van der Waals surface area contributed by atoms with Gasteiger partial charge in [-0.1, -0.05) is 70.5 Å². The van der Waals surface area contributed by atoms with Gasteiger partial charge < -0.3 is 4.52 Å². The third-order valence-corrected chi connectivity index (χ3v) is 5.47. The zero-order valence-electron chi connectivity index (χ0n) is 14.8. The first-order valence-corrected chi connectivity index (χ1v) is 10.2. The minimum atomic E-state index is 0.502. The van der Waals surface area contributed by atoms with Gasteiger partial charge in [-0.25, -0.2) is 0 Å². The Morgan fingerprint density at radius 3 is 2.61 bits per heavy atom. The van der Waals surface area contributed by atoms with E-state index in [1.54, 1.807) is 19.1 Å². The molecule has 2 aromatic heterocycles. The molecule has 0 saturated heterocycles. The molecular weight excluding hydrogens is 417 g/mol. The molecule has 0 saturated carbocycles. The summed E-state index contributed by atoms with van der Waals surface area (Å²) in [6, 6.07) is 15.5. The third-order valence-electron chi connectivity index (χ3n) is 3.97. The van der Waals surface area contributed by atoms with Crippen LogP contribution in [-0.4, -0.2) is 24.9 Å². The summed E-state index contributed by atoms with van der Waals surface area (Å²) in [5.74, 6) is 2.33. The lowest BCUT2D eigenvalue weighted by Gasteiger charge is -2.11. The van der Waals surface area contributed by atoms with Crippen LogP contribution in [0, 0.1) is 6.92 Å². The topological polar surface area (TPSA) is 69.6 Å². The maximum absolute atomic E-state index is 6.42. The largest absolute Gasteiger partial charge is 0.338 e. The molecule has 142 valence electrons. The van der Waals surface area contributed by atoms with E-state index in [1.165, 1.54) is 11.8 Å². The molecule has 0 radical (unpaired) electrons. The Morgan fingerprint density at radius 2 is 1.89 bits per heavy atom. The quantitative estimate of drug-likeness (QED) is 0.386. The van der Waals surface area contributed by atoms with Crippen molar-refractivity contribution in [2.45, 2.75) is 24.4 Å². The Kier molecular flexibility index (Phi) is 5.66. The van der Waals surface area contributed by atoms with E-state index < -0.39 is 0 Å². The predicted octanol–water partition coefficient (Wildman–Crippen LogP) is 5.28. The van der Waals surface area contributed by atoms with Crippen LogP contribution >= 0.6 is 35.0 Å². The summed E-state index contributed by atoms with van der Waals surface area (Å²) in [5.41, 5.74) is 1.90. The van der Waals surface area contributed by atoms with E-state index in [1.807, 2.05) is 28.8 Å². The third kappa shape index (κ3) is 4.22. The molecule has 0 atom stereocenters. The summed E-state index contributed by atoms with van der Waals surface area (Å²) in [5, 5.41) is 14.4. The number of hydrogen-bond donors (Lipinski definition) is 0. The molecule has 28 heavy (non-hydrogen) atoms. The lowest BCUT2D eigenvalue weighted by atomic mass is 10.2. The van der Waals surface area contributed by atoms with E-state index in [4.69, 9.17) is 27.7 Å². The van der Waals surface area contributed by atoms with Gasteiger partial charge in [0.15, 0.2) is 16.8 Å². The molecule has 0 spiro atoms. The van der Waals surface area contributed by atoms with Gasteiger partial charge in [0, 0.05) is 10.6 Å². The molecule has 0 N–H and O–H groups in total. The first-order valence-electron chi connectivity index (χ1n) is 8.44. The van der Waals surface area contributed by atoms with Crippen molar-refractivity contribution in [2.24, 2.45) is 0 Å². The van der Waals surface area contributed by atoms with Crippen LogP contribution < -0.4 is 0 Å². The number of thioether (sulfide) groups is 1. The van der Waals surface area contributed by atoms with E-state index in [-0.39, 0.29) is 0 Å². The summed E-state index contributed by atoms with van der Waals surface area (Å²) >= 11 is 13.9. The van der Waals surface area contributed by atoms with Crippen LogP contribution in [0.3, 0.4) is 0 Å². The second kappa shape index (κ2) is 8.34. The van der Waals surface area contributed by atoms with E-state index in [9.17, 15) is 0 Å². The molecule has 2 heterocycles. The summed E-state index contributed by atoms with van der Waals surface area (Å²) in [6.07, 6.45) is 0. The van der Waals surface area contributed by atoms with Gasteiger partial charge in [-0.05, 0) is 30.7 Å². The lowest BCUT2D eigenvalue weighted by Crippen LogP contribution is -2.04. The summed E-state index contributed by atoms with van der Waals surface area (Å²) in [4.78, 5) is 4.24. The number of nitrogens with zero attached hydrogens (tertiary/aromatic N) is 5. The standard InChI is InChI=1S/C19H15Cl2N5OS/c1-12-22-17(27-25-12)11-28-19-24-23-18(15-8-7-14(20)9-16(15)21)26(19)10-13-5-3-2-4-6-13/h2-9H,10-11H2,1H3. The highest BCUT2D eigenvalue weighted by Gasteiger charge is 2.18. The molecule has 0 aliphatic rings. The van der Waals surface area contributed by atoms with Crippen molar-refractivity contribution in [3.63, 3.8) is 0 Å². The maximum atomic E-state index is 6.42. The number of aryl methyl sites for hydroxylation is 1. The van der Waals surface area contributed by atoms with Crippen LogP contribution in [0.2, 0.25) is 10.0 Å². The van der Waals surface area contributed by atoms with Gasteiger partial charge in [-0.3, -0.25) is 4.57 Å². The minimum Gasteiger partial charge on any atom is -0.338 e. The molecule has 0 amide bonds. The molecule has 0 fully saturated rings. The number of rotatable bonds is 6. The Labute approximate surface area is 175 Å². The van der Waals surface area contributed by atoms with Crippen LogP contribution in [0.1, 0.15) is 17.3 Å². The average molecular weight is 432 g/mol. The van der Waals surface area contributed by atoms with Gasteiger partial charge in [-0.2, -0.15) is 4.98 Å². The predicted molar refractivity (Wildman–Crippen MR) is 110 cm³/mol. The van der Waals surface area contributed by atoms with Crippen molar-refractivity contribution in [1.29, 1.82) is 0 Å². The van der Waals surface area contributed by atoms with Crippen LogP contribution in [0.4, 0.5) is 0 Å². The Bertz CT molecular complexity index is 1100. The fourth-order valence-corrected chi connectivity index (χ4v) is 3.97. The van der Waals surface area contributed by atoms with Crippen molar-refractivity contribution in [2.75, 3.05) is 0 Å². The molecular formula is C19H15Cl2N5OS. The van der Waals surface area contributed by atoms with Crippen molar-refractivity contribution in [3.8, 4) is 11.4 Å². The van der Waals surface area contributed by atoms with Crippen LogP contribution in [0.5, 0.6) is 0 Å². The summed E-state index contributed by atoms with van der Waals surface area (Å²) in [6.45, 7) is 2.39. The number of hydrogen-bond acceptors (Lipinski definition) is 6. The summed E-state index contributed by atoms with van der Waals surface area (Å²) in [7, 11) is 0. The fourth-order valence-electron chi connectivity index (χ4n) is 2.70. The van der Waals surface area contributed by atoms with Gasteiger partial charge in [0.2, 0.25) is 5.89 Å². The van der Waals surface area contributed by atoms with E-state index in [0.717, 1.165) is 16.3 Å². The molecule has 4 rings (SSSR count). The van der Waals surface area contributed by atoms with Crippen molar-refractivity contribution in [3.05, 3.63) is 75.9 Å². The molecule has 9 heteroatoms. The number of aromatic nitrogens is 5. The highest BCUT2D eigenvalue weighted by molar-refractivity contribution is 7.98. The van der Waals surface area contributed by atoms with E-state index in [2.05, 4.69) is 32.5 Å². The second-order valence-electron chi connectivity index (χ2n) is 6.03. The zero-order valence-corrected chi connectivity index (χ0v) is 17.2. The SMILES string of the molecule is Cc1noc(CSc2nnc(-c3ccc(Cl)cc3Cl)n2Cc2ccccc2)n1. The highest BCUT2D eigenvalue weighted by atomic mass is 35.5. The fraction of sp³-hybridized carbons (Fsp3) is 0.158. The van der Waals surface area contributed by atoms with Crippen molar-refractivity contribution >= 4 is 35.0 Å². The monoisotopic (exact) mass is 431 g/mol. The molecule has 6 nitrogen and oxygen atoms in total. The van der Waals surface area contributed by atoms with Crippen LogP contribution in [-0.2, 0) is 12.3 Å². The van der Waals surface area contributed by atoms with Gasteiger partial charge in [0.25, 0.3) is 0 Å². The van der Waals surface area contributed by atoms with Crippen LogP contribution in [0.25, 0.3) is 11.4 Å². The Hall–Kier alpha value is -2.35. The Balaban J connectivity index is 1.70. The lowest BCUT2D eigenvalue weighted by molar-refractivity contribution is 0.387. The number of halogens is 2. The molecule has 0 unspecified atom stereocenters. The van der Waals surface area contributed by atoms with Crippen molar-refractivity contribution < 1.29 is 4.52 Å². The molecule has 2 aromatic carbocycles. The highest BCUT2D eigenvalue weighted by Crippen LogP contribution is 2.32. The van der Waals surface area contributed by atoms with E-state index in [0.29, 0.717) is 39.9 Å². The normalized spacial score (nSPS) is 11.1. The smallest absolute Gasteiger partial charge is 0.237 e. The molecule has 0 aliphatic carbocycles. The number of benzene rings is 2. The summed E-state index contributed by atoms with van der Waals surface area (Å²) < 4.78 is 7.22. The van der Waals surface area contributed by atoms with Gasteiger partial charge in [-0.15, -0.1) is 10.2 Å². The second-order valence-corrected chi connectivity index (χ2v) is 7.81. The molecule has 4 aromatic rings. The minimum absolute atomic E-state index is 0.502. The first-order chi connectivity index (χ1) is 13.6. The zero-order chi connectivity index (χ0) is 19.5. The molecule has 0 aliphatic heterocycles. The van der Waals surface area contributed by atoms with Gasteiger partial charge in [0.05, 0.1) is 17.3 Å². The molecule has 0 bridgehead atoms. The Morgan fingerprint density at radius 1 is 1.07 bits per heavy atom. The van der Waals surface area contributed by atoms with Crippen LogP contribution in [0.15, 0.2) is 58.2 Å². The van der Waals surface area contributed by atoms with Crippen molar-refractivity contribution in [1.82, 2.24) is 24.9 Å². The maximum Gasteiger partial charge on any atom is 0.237 e. The first kappa shape index (κ1) is 19.0. The van der Waals surface area contributed by atoms with E-state index >= 15 is 0 Å². The average Bonchev–Trinajstić information content (AvgIpc) is 3.27. The van der Waals surface area contributed by atoms with Gasteiger partial charge >= 0.3 is 0 Å². The van der Waals surface area contributed by atoms with Gasteiger partial charge in [0.1, 0.15) is 0 Å².